The Bertz CT molecular complexity index is 481. The van der Waals surface area contributed by atoms with Gasteiger partial charge < -0.3 is 15.3 Å². The minimum atomic E-state index is -1.19. The van der Waals surface area contributed by atoms with Gasteiger partial charge in [0.15, 0.2) is 18.1 Å². The summed E-state index contributed by atoms with van der Waals surface area (Å²) in [4.78, 5) is 35.0. The van der Waals surface area contributed by atoms with Crippen LogP contribution in [0.4, 0.5) is 0 Å². The van der Waals surface area contributed by atoms with Crippen LogP contribution in [0.2, 0.25) is 0 Å². The number of carbonyl (C=O) groups is 3. The van der Waals surface area contributed by atoms with Gasteiger partial charge in [0.1, 0.15) is 0 Å². The molecule has 0 aliphatic carbocycles. The predicted molar refractivity (Wildman–Crippen MR) is 108 cm³/mol. The molecule has 0 rings (SSSR count). The molecule has 0 bridgehead atoms. The zero-order chi connectivity index (χ0) is 21.7. The van der Waals surface area contributed by atoms with Gasteiger partial charge in [0.25, 0.3) is 0 Å². The number of unbranched alkanes of at least 4 members (excludes halogenated alkanes) is 6. The number of aliphatic carboxylic acids is 3. The molecule has 0 aromatic rings. The second-order valence-corrected chi connectivity index (χ2v) is 7.58. The molecule has 3 unspecified atom stereocenters. The SMILES string of the molecule is CCCCCCC/C=C/CCC[N+](C(C)C(=O)O)(C(C)C(=O)O)C(C)C(=O)O. The largest absolute Gasteiger partial charge is 0.477 e. The van der Waals surface area contributed by atoms with Gasteiger partial charge in [0, 0.05) is 6.42 Å². The Morgan fingerprint density at radius 1 is 0.714 bits per heavy atom. The number of quaternary nitrogens is 1. The number of rotatable bonds is 16. The van der Waals surface area contributed by atoms with Crippen molar-refractivity contribution >= 4 is 17.9 Å². The summed E-state index contributed by atoms with van der Waals surface area (Å²) < 4.78 is -0.509. The summed E-state index contributed by atoms with van der Waals surface area (Å²) >= 11 is 0. The summed E-state index contributed by atoms with van der Waals surface area (Å²) in [5.41, 5.74) is 0. The van der Waals surface area contributed by atoms with E-state index in [2.05, 4.69) is 13.0 Å². The van der Waals surface area contributed by atoms with E-state index < -0.39 is 40.5 Å². The number of nitrogens with zero attached hydrogens (tertiary/aromatic N) is 1. The second-order valence-electron chi connectivity index (χ2n) is 7.58. The van der Waals surface area contributed by atoms with Gasteiger partial charge in [-0.05, 0) is 40.0 Å². The number of hydrogen-bond donors (Lipinski definition) is 3. The third kappa shape index (κ3) is 7.62. The minimum absolute atomic E-state index is 0.176. The van der Waals surface area contributed by atoms with Crippen LogP contribution in [-0.2, 0) is 14.4 Å². The summed E-state index contributed by atoms with van der Waals surface area (Å²) in [6, 6.07) is -3.42. The first kappa shape index (κ1) is 26.1. The first-order chi connectivity index (χ1) is 13.1. The van der Waals surface area contributed by atoms with Crippen LogP contribution in [0.15, 0.2) is 12.2 Å². The van der Waals surface area contributed by atoms with Gasteiger partial charge in [-0.15, -0.1) is 0 Å². The fourth-order valence-corrected chi connectivity index (χ4v) is 3.79. The second kappa shape index (κ2) is 13.3. The van der Waals surface area contributed by atoms with Crippen molar-refractivity contribution < 1.29 is 34.2 Å². The smallest absolute Gasteiger partial charge is 0.362 e. The first-order valence-electron chi connectivity index (χ1n) is 10.3. The standard InChI is InChI=1S/C21H37NO6/c1-5-6-7-8-9-10-11-12-13-14-15-22(16(2)19(23)24,17(3)20(25)26)18(4)21(27)28/h11-12,16-18H,5-10,13-15H2,1-4H3,(H2-,23,24,25,26,27,28)/p+1/b12-11+. The highest BCUT2D eigenvalue weighted by molar-refractivity contribution is 5.77. The summed E-state index contributed by atoms with van der Waals surface area (Å²) in [5.74, 6) is -3.57. The average molecular weight is 401 g/mol. The molecule has 0 fully saturated rings. The monoisotopic (exact) mass is 400 g/mol. The van der Waals surface area contributed by atoms with Crippen molar-refractivity contribution in [3.63, 3.8) is 0 Å². The lowest BCUT2D eigenvalue weighted by Gasteiger charge is -2.47. The number of carboxylic acids is 3. The van der Waals surface area contributed by atoms with Crippen LogP contribution in [0.3, 0.4) is 0 Å². The fraction of sp³-hybridized carbons (Fsp3) is 0.762. The first-order valence-corrected chi connectivity index (χ1v) is 10.3. The van der Waals surface area contributed by atoms with Gasteiger partial charge in [0.05, 0.1) is 6.54 Å². The summed E-state index contributed by atoms with van der Waals surface area (Å²) in [7, 11) is 0. The lowest BCUT2D eigenvalue weighted by atomic mass is 10.0. The molecule has 0 aliphatic rings. The maximum Gasteiger partial charge on any atom is 0.362 e. The molecule has 162 valence electrons. The highest BCUT2D eigenvalue weighted by Crippen LogP contribution is 2.27. The lowest BCUT2D eigenvalue weighted by Crippen LogP contribution is -2.70. The molecule has 0 radical (unpaired) electrons. The Hall–Kier alpha value is -1.89. The van der Waals surface area contributed by atoms with E-state index in [4.69, 9.17) is 0 Å². The third-order valence-electron chi connectivity index (χ3n) is 5.79. The van der Waals surface area contributed by atoms with E-state index in [0.717, 1.165) is 12.8 Å². The minimum Gasteiger partial charge on any atom is -0.477 e. The summed E-state index contributed by atoms with van der Waals surface area (Å²) in [5, 5.41) is 28.6. The molecule has 0 heterocycles. The molecule has 3 atom stereocenters. The molecule has 0 amide bonds. The average Bonchev–Trinajstić information content (AvgIpc) is 2.64. The Balaban J connectivity index is 5.06. The zero-order valence-corrected chi connectivity index (χ0v) is 17.8. The van der Waals surface area contributed by atoms with Gasteiger partial charge >= 0.3 is 17.9 Å². The van der Waals surface area contributed by atoms with Crippen molar-refractivity contribution in [1.29, 1.82) is 0 Å². The molecule has 28 heavy (non-hydrogen) atoms. The Morgan fingerprint density at radius 3 is 1.50 bits per heavy atom. The van der Waals surface area contributed by atoms with Crippen molar-refractivity contribution in [2.45, 2.75) is 97.2 Å². The molecular formula is C21H38NO6+. The molecule has 0 saturated carbocycles. The van der Waals surface area contributed by atoms with E-state index in [0.29, 0.717) is 12.8 Å². The van der Waals surface area contributed by atoms with Crippen molar-refractivity contribution in [1.82, 2.24) is 0 Å². The van der Waals surface area contributed by atoms with Crippen LogP contribution in [-0.4, -0.2) is 62.4 Å². The molecule has 3 N–H and O–H groups in total. The van der Waals surface area contributed by atoms with Crippen molar-refractivity contribution in [3.05, 3.63) is 12.2 Å². The van der Waals surface area contributed by atoms with E-state index in [1.807, 2.05) is 6.08 Å². The van der Waals surface area contributed by atoms with Gasteiger partial charge in [-0.25, -0.2) is 14.4 Å². The number of carboxylic acid groups (broad SMARTS) is 3. The van der Waals surface area contributed by atoms with E-state index in [-0.39, 0.29) is 6.54 Å². The highest BCUT2D eigenvalue weighted by Gasteiger charge is 2.52. The Labute approximate surface area is 168 Å². The predicted octanol–water partition coefficient (Wildman–Crippen LogP) is 3.92. The fourth-order valence-electron chi connectivity index (χ4n) is 3.79. The molecule has 7 nitrogen and oxygen atoms in total. The van der Waals surface area contributed by atoms with Crippen LogP contribution < -0.4 is 0 Å². The van der Waals surface area contributed by atoms with Gasteiger partial charge in [-0.1, -0.05) is 44.8 Å². The van der Waals surface area contributed by atoms with Crippen molar-refractivity contribution in [2.24, 2.45) is 0 Å². The molecule has 0 aromatic carbocycles. The van der Waals surface area contributed by atoms with Gasteiger partial charge in [-0.2, -0.15) is 0 Å². The maximum atomic E-state index is 11.7. The van der Waals surface area contributed by atoms with E-state index >= 15 is 0 Å². The highest BCUT2D eigenvalue weighted by atomic mass is 16.4. The maximum absolute atomic E-state index is 11.7. The molecule has 0 aliphatic heterocycles. The van der Waals surface area contributed by atoms with Crippen molar-refractivity contribution in [2.75, 3.05) is 6.54 Å². The Kier molecular flexibility index (Phi) is 12.4. The van der Waals surface area contributed by atoms with Crippen LogP contribution in [0.25, 0.3) is 0 Å². The van der Waals surface area contributed by atoms with Crippen LogP contribution in [0.1, 0.15) is 79.1 Å². The molecule has 0 saturated heterocycles. The molecular weight excluding hydrogens is 362 g/mol. The normalized spacial score (nSPS) is 17.0. The van der Waals surface area contributed by atoms with Gasteiger partial charge in [0.2, 0.25) is 0 Å². The summed E-state index contributed by atoms with van der Waals surface area (Å²) in [6.07, 6.45) is 12.4. The molecule has 0 aromatic heterocycles. The van der Waals surface area contributed by atoms with Crippen LogP contribution in [0.5, 0.6) is 0 Å². The quantitative estimate of drug-likeness (QED) is 0.206. The zero-order valence-electron chi connectivity index (χ0n) is 17.8. The third-order valence-corrected chi connectivity index (χ3v) is 5.79. The molecule has 0 spiro atoms. The van der Waals surface area contributed by atoms with Crippen LogP contribution >= 0.6 is 0 Å². The molecule has 7 heteroatoms. The van der Waals surface area contributed by atoms with Crippen LogP contribution in [0, 0.1) is 0 Å². The lowest BCUT2D eigenvalue weighted by molar-refractivity contribution is -0.968. The van der Waals surface area contributed by atoms with E-state index in [1.54, 1.807) is 0 Å². The van der Waals surface area contributed by atoms with E-state index in [1.165, 1.54) is 46.5 Å². The van der Waals surface area contributed by atoms with Gasteiger partial charge in [-0.3, -0.25) is 4.48 Å². The Morgan fingerprint density at radius 2 is 1.11 bits per heavy atom. The summed E-state index contributed by atoms with van der Waals surface area (Å²) in [6.45, 7) is 6.55. The van der Waals surface area contributed by atoms with Crippen molar-refractivity contribution in [3.8, 4) is 0 Å². The number of hydrogen-bond acceptors (Lipinski definition) is 3. The topological polar surface area (TPSA) is 112 Å². The number of allylic oxidation sites excluding steroid dienone is 2. The van der Waals surface area contributed by atoms with E-state index in [9.17, 15) is 29.7 Å².